The Hall–Kier alpha value is -4.59. The minimum atomic E-state index is -0.644. The Kier molecular flexibility index (Phi) is 4.02. The van der Waals surface area contributed by atoms with E-state index in [1.807, 2.05) is 48.5 Å². The van der Waals surface area contributed by atoms with Crippen molar-refractivity contribution in [1.29, 1.82) is 0 Å². The maximum absolute atomic E-state index is 13.7. The summed E-state index contributed by atoms with van der Waals surface area (Å²) in [7, 11) is 0. The summed E-state index contributed by atoms with van der Waals surface area (Å²) in [6, 6.07) is 37.2. The highest BCUT2D eigenvalue weighted by Gasteiger charge is 2.52. The lowest BCUT2D eigenvalue weighted by molar-refractivity contribution is 0.103. The molecule has 0 bridgehead atoms. The summed E-state index contributed by atoms with van der Waals surface area (Å²) < 4.78 is 0. The number of anilines is 3. The number of para-hydroxylation sites is 2. The van der Waals surface area contributed by atoms with E-state index in [1.54, 1.807) is 11.8 Å². The van der Waals surface area contributed by atoms with Crippen molar-refractivity contribution in [1.82, 2.24) is 0 Å². The Bertz CT molecular complexity index is 1820. The topological polar surface area (TPSA) is 24.7 Å². The van der Waals surface area contributed by atoms with Crippen LogP contribution in [0, 0.1) is 6.57 Å². The molecule has 0 saturated carbocycles. The normalized spacial score (nSPS) is 15.1. The maximum atomic E-state index is 13.7. The second-order valence-electron chi connectivity index (χ2n) is 9.54. The Morgan fingerprint density at radius 3 is 2.03 bits per heavy atom. The van der Waals surface area contributed by atoms with Crippen LogP contribution < -0.4 is 4.90 Å². The van der Waals surface area contributed by atoms with Gasteiger partial charge >= 0.3 is 0 Å². The van der Waals surface area contributed by atoms with Gasteiger partial charge in [-0.15, -0.1) is 0 Å². The van der Waals surface area contributed by atoms with Crippen LogP contribution in [0.25, 0.3) is 4.85 Å². The van der Waals surface area contributed by atoms with E-state index in [2.05, 4.69) is 70.4 Å². The van der Waals surface area contributed by atoms with Crippen molar-refractivity contribution in [2.45, 2.75) is 15.2 Å². The first-order valence-electron chi connectivity index (χ1n) is 12.2. The first-order valence-corrected chi connectivity index (χ1v) is 13.0. The summed E-state index contributed by atoms with van der Waals surface area (Å²) in [5.74, 6) is 0.0722. The summed E-state index contributed by atoms with van der Waals surface area (Å²) in [6.07, 6.45) is 0. The standard InChI is InChI=1S/C33H18N2OS/c1-34-20-17-18-29-28(19-20)35-27-15-7-6-13-25(27)33(26-14-8-16-30(37-29)31(26)35)23-11-4-2-9-21(23)32(36)22-10-3-5-12-24(22)33/h2-19H. The minimum Gasteiger partial charge on any atom is -0.309 e. The fourth-order valence-corrected chi connectivity index (χ4v) is 7.55. The second kappa shape index (κ2) is 7.22. The third-order valence-corrected chi connectivity index (χ3v) is 8.97. The molecule has 0 saturated heterocycles. The highest BCUT2D eigenvalue weighted by molar-refractivity contribution is 7.99. The number of nitrogens with zero attached hydrogens (tertiary/aromatic N) is 2. The lowest BCUT2D eigenvalue weighted by atomic mass is 9.57. The first-order chi connectivity index (χ1) is 18.2. The molecule has 0 unspecified atom stereocenters. The molecule has 0 amide bonds. The van der Waals surface area contributed by atoms with Gasteiger partial charge in [0.15, 0.2) is 11.5 Å². The van der Waals surface area contributed by atoms with Crippen molar-refractivity contribution in [3.05, 3.63) is 154 Å². The van der Waals surface area contributed by atoms with E-state index in [0.717, 1.165) is 55.3 Å². The Morgan fingerprint density at radius 2 is 1.30 bits per heavy atom. The second-order valence-corrected chi connectivity index (χ2v) is 10.6. The fraction of sp³-hybridized carbons (Fsp3) is 0.0303. The van der Waals surface area contributed by atoms with Gasteiger partial charge in [0.2, 0.25) is 0 Å². The van der Waals surface area contributed by atoms with Crippen molar-refractivity contribution >= 4 is 40.3 Å². The first kappa shape index (κ1) is 20.6. The summed E-state index contributed by atoms with van der Waals surface area (Å²) in [4.78, 5) is 22.1. The number of hydrogen-bond donors (Lipinski definition) is 0. The van der Waals surface area contributed by atoms with Crippen molar-refractivity contribution < 1.29 is 4.79 Å². The number of rotatable bonds is 0. The summed E-state index contributed by atoms with van der Waals surface area (Å²) in [5, 5.41) is 0. The third kappa shape index (κ3) is 2.45. The van der Waals surface area contributed by atoms with Crippen LogP contribution in [0.2, 0.25) is 0 Å². The third-order valence-electron chi connectivity index (χ3n) is 7.86. The van der Waals surface area contributed by atoms with Gasteiger partial charge in [0.1, 0.15) is 0 Å². The molecule has 5 aromatic carbocycles. The van der Waals surface area contributed by atoms with E-state index < -0.39 is 5.41 Å². The highest BCUT2D eigenvalue weighted by Crippen LogP contribution is 2.64. The van der Waals surface area contributed by atoms with Gasteiger partial charge in [-0.05, 0) is 40.5 Å². The molecule has 0 fully saturated rings. The van der Waals surface area contributed by atoms with Crippen molar-refractivity contribution in [2.24, 2.45) is 0 Å². The molecule has 3 nitrogen and oxygen atoms in total. The molecule has 8 rings (SSSR count). The zero-order chi connectivity index (χ0) is 24.7. The number of hydrogen-bond acceptors (Lipinski definition) is 3. The van der Waals surface area contributed by atoms with Crippen molar-refractivity contribution in [2.75, 3.05) is 4.90 Å². The van der Waals surface area contributed by atoms with Crippen LogP contribution in [-0.4, -0.2) is 5.78 Å². The van der Waals surface area contributed by atoms with Gasteiger partial charge in [-0.25, -0.2) is 4.85 Å². The van der Waals surface area contributed by atoms with E-state index in [1.165, 1.54) is 4.90 Å². The SMILES string of the molecule is [C-]#[N+]c1ccc2c(c1)N1c3ccccc3C3(c4ccccc4C(=O)c4ccccc43)c3cccc(c31)S2. The van der Waals surface area contributed by atoms with Crippen molar-refractivity contribution in [3.8, 4) is 0 Å². The fourth-order valence-electron chi connectivity index (χ4n) is 6.48. The molecule has 0 N–H and O–H groups in total. The molecular weight excluding hydrogens is 472 g/mol. The molecule has 37 heavy (non-hydrogen) atoms. The number of benzene rings is 5. The Labute approximate surface area is 218 Å². The smallest absolute Gasteiger partial charge is 0.193 e. The van der Waals surface area contributed by atoms with Gasteiger partial charge in [-0.2, -0.15) is 0 Å². The van der Waals surface area contributed by atoms with Crippen LogP contribution >= 0.6 is 11.8 Å². The lowest BCUT2D eigenvalue weighted by Gasteiger charge is -2.50. The molecule has 172 valence electrons. The van der Waals surface area contributed by atoms with Crippen molar-refractivity contribution in [3.63, 3.8) is 0 Å². The quantitative estimate of drug-likeness (QED) is 0.200. The van der Waals surface area contributed by atoms with Crippen LogP contribution in [0.3, 0.4) is 0 Å². The number of ketones is 1. The molecule has 2 heterocycles. The van der Waals surface area contributed by atoms with E-state index in [9.17, 15) is 4.79 Å². The van der Waals surface area contributed by atoms with E-state index in [0.29, 0.717) is 5.69 Å². The van der Waals surface area contributed by atoms with Crippen LogP contribution in [-0.2, 0) is 5.41 Å². The van der Waals surface area contributed by atoms with Gasteiger partial charge in [0.05, 0.1) is 23.4 Å². The lowest BCUT2D eigenvalue weighted by Crippen LogP contribution is -2.42. The molecular formula is C33H18N2OS. The molecule has 2 aliphatic heterocycles. The van der Waals surface area contributed by atoms with Gasteiger partial charge < -0.3 is 4.90 Å². The van der Waals surface area contributed by atoms with Crippen LogP contribution in [0.1, 0.15) is 38.2 Å². The summed E-state index contributed by atoms with van der Waals surface area (Å²) in [6.45, 7) is 7.63. The number of carbonyl (C=O) groups is 1. The van der Waals surface area contributed by atoms with E-state index in [4.69, 9.17) is 6.57 Å². The molecule has 0 atom stereocenters. The van der Waals surface area contributed by atoms with E-state index >= 15 is 0 Å². The monoisotopic (exact) mass is 490 g/mol. The Balaban J connectivity index is 1.58. The minimum absolute atomic E-state index is 0.0722. The van der Waals surface area contributed by atoms with Gasteiger partial charge in [0.25, 0.3) is 0 Å². The zero-order valence-corrected chi connectivity index (χ0v) is 20.4. The largest absolute Gasteiger partial charge is 0.309 e. The molecule has 0 radical (unpaired) electrons. The average molecular weight is 491 g/mol. The summed E-state index contributed by atoms with van der Waals surface area (Å²) in [5.41, 5.74) is 9.03. The molecule has 5 aromatic rings. The molecule has 1 spiro atoms. The van der Waals surface area contributed by atoms with E-state index in [-0.39, 0.29) is 5.78 Å². The molecule has 3 aliphatic rings. The summed E-state index contributed by atoms with van der Waals surface area (Å²) >= 11 is 1.74. The van der Waals surface area contributed by atoms with Crippen LogP contribution in [0.5, 0.6) is 0 Å². The highest BCUT2D eigenvalue weighted by atomic mass is 32.2. The predicted molar refractivity (Wildman–Crippen MR) is 147 cm³/mol. The average Bonchev–Trinajstić information content (AvgIpc) is 2.96. The van der Waals surface area contributed by atoms with Crippen LogP contribution in [0.4, 0.5) is 22.7 Å². The van der Waals surface area contributed by atoms with Crippen LogP contribution in [0.15, 0.2) is 119 Å². The van der Waals surface area contributed by atoms with Gasteiger partial charge in [0, 0.05) is 26.6 Å². The van der Waals surface area contributed by atoms with Gasteiger partial charge in [-0.3, -0.25) is 4.79 Å². The van der Waals surface area contributed by atoms with Gasteiger partial charge in [-0.1, -0.05) is 103 Å². The molecule has 4 heteroatoms. The number of carbonyl (C=O) groups excluding carboxylic acids is 1. The number of fused-ring (bicyclic) bond motifs is 10. The Morgan fingerprint density at radius 1 is 0.649 bits per heavy atom. The zero-order valence-electron chi connectivity index (χ0n) is 19.6. The maximum Gasteiger partial charge on any atom is 0.193 e. The molecule has 1 aliphatic carbocycles. The predicted octanol–water partition coefficient (Wildman–Crippen LogP) is 8.41. The molecule has 0 aromatic heterocycles.